The van der Waals surface area contributed by atoms with Crippen molar-refractivity contribution in [2.45, 2.75) is 36.2 Å². The number of hydrogen-bond acceptors (Lipinski definition) is 4. The van der Waals surface area contributed by atoms with Crippen LogP contribution >= 0.6 is 28.3 Å². The molecule has 0 aromatic heterocycles. The van der Waals surface area contributed by atoms with Gasteiger partial charge in [0.25, 0.3) is 0 Å². The summed E-state index contributed by atoms with van der Waals surface area (Å²) in [6.07, 6.45) is 2.66. The van der Waals surface area contributed by atoms with Gasteiger partial charge in [-0.1, -0.05) is 15.9 Å². The second kappa shape index (κ2) is 6.85. The third-order valence-corrected chi connectivity index (χ3v) is 6.60. The third-order valence-electron chi connectivity index (χ3n) is 4.16. The van der Waals surface area contributed by atoms with Gasteiger partial charge < -0.3 is 5.32 Å². The monoisotopic (exact) mass is 405 g/mol. The predicted molar refractivity (Wildman–Crippen MR) is 89.4 cm³/mol. The van der Waals surface area contributed by atoms with E-state index in [9.17, 15) is 8.42 Å². The van der Waals surface area contributed by atoms with Crippen LogP contribution in [0.1, 0.15) is 24.8 Å². The van der Waals surface area contributed by atoms with Gasteiger partial charge in [0.05, 0.1) is 16.5 Å². The van der Waals surface area contributed by atoms with Crippen LogP contribution in [0.15, 0.2) is 27.6 Å². The fourth-order valence-electron chi connectivity index (χ4n) is 3.23. The van der Waals surface area contributed by atoms with Crippen LogP contribution in [-0.2, 0) is 10.0 Å². The van der Waals surface area contributed by atoms with Crippen LogP contribution < -0.4 is 5.32 Å². The van der Waals surface area contributed by atoms with Crippen LogP contribution in [0.2, 0.25) is 0 Å². The quantitative estimate of drug-likeness (QED) is 0.817. The van der Waals surface area contributed by atoms with Crippen LogP contribution in [0.25, 0.3) is 0 Å². The van der Waals surface area contributed by atoms with E-state index in [-0.39, 0.29) is 29.4 Å². The van der Waals surface area contributed by atoms with Gasteiger partial charge in [0.15, 0.2) is 0 Å². The van der Waals surface area contributed by atoms with E-state index in [1.54, 1.807) is 16.4 Å². The normalized spacial score (nSPS) is 25.1. The minimum Gasteiger partial charge on any atom is -0.315 e. The summed E-state index contributed by atoms with van der Waals surface area (Å²) in [4.78, 5) is 0.201. The summed E-state index contributed by atoms with van der Waals surface area (Å²) in [7, 11) is -3.56. The number of halogens is 2. The molecular formula is C14H17BrClN3O2S. The van der Waals surface area contributed by atoms with Crippen molar-refractivity contribution >= 4 is 38.4 Å². The number of hydrogen-bond donors (Lipinski definition) is 1. The molecule has 2 atom stereocenters. The Morgan fingerprint density at radius 1 is 1.23 bits per heavy atom. The second-order valence-electron chi connectivity index (χ2n) is 5.50. The van der Waals surface area contributed by atoms with Crippen molar-refractivity contribution in [1.82, 2.24) is 9.62 Å². The van der Waals surface area contributed by atoms with E-state index in [1.165, 1.54) is 6.07 Å². The average Bonchev–Trinajstić information content (AvgIpc) is 2.72. The zero-order chi connectivity index (χ0) is 15.0. The Morgan fingerprint density at radius 2 is 1.95 bits per heavy atom. The molecule has 3 rings (SSSR count). The van der Waals surface area contributed by atoms with E-state index in [2.05, 4.69) is 21.2 Å². The topological polar surface area (TPSA) is 73.2 Å². The number of rotatable bonds is 2. The molecule has 5 nitrogen and oxygen atoms in total. The molecule has 0 saturated carbocycles. The summed E-state index contributed by atoms with van der Waals surface area (Å²) in [6.45, 7) is 1.56. The van der Waals surface area contributed by atoms with Crippen molar-refractivity contribution in [3.63, 3.8) is 0 Å². The zero-order valence-electron chi connectivity index (χ0n) is 11.8. The highest BCUT2D eigenvalue weighted by atomic mass is 79.9. The SMILES string of the molecule is Cl.N#Cc1cc(Br)cc(S(=O)(=O)N2C3CCNCC2CC3)c1. The van der Waals surface area contributed by atoms with Gasteiger partial charge in [-0.25, -0.2) is 8.42 Å². The fraction of sp³-hybridized carbons (Fsp3) is 0.500. The minimum atomic E-state index is -3.56. The Kier molecular flexibility index (Phi) is 5.51. The first kappa shape index (κ1) is 17.7. The highest BCUT2D eigenvalue weighted by Crippen LogP contribution is 2.34. The van der Waals surface area contributed by atoms with Crippen molar-refractivity contribution in [3.05, 3.63) is 28.2 Å². The van der Waals surface area contributed by atoms with Crippen LogP contribution in [0.5, 0.6) is 0 Å². The summed E-state index contributed by atoms with van der Waals surface area (Å²) >= 11 is 3.29. The van der Waals surface area contributed by atoms with Crippen molar-refractivity contribution in [2.75, 3.05) is 13.1 Å². The van der Waals surface area contributed by atoms with Gasteiger partial charge in [-0.2, -0.15) is 9.57 Å². The van der Waals surface area contributed by atoms with E-state index >= 15 is 0 Å². The summed E-state index contributed by atoms with van der Waals surface area (Å²) in [5, 5.41) is 12.3. The van der Waals surface area contributed by atoms with Crippen molar-refractivity contribution < 1.29 is 8.42 Å². The standard InChI is InChI=1S/C14H16BrN3O2S.ClH/c15-11-5-10(8-16)6-14(7-11)21(19,20)18-12-1-2-13(18)9-17-4-3-12;/h5-7,12-13,17H,1-4,9H2;1H. The zero-order valence-corrected chi connectivity index (χ0v) is 15.0. The maximum absolute atomic E-state index is 13.0. The molecule has 120 valence electrons. The molecular weight excluding hydrogens is 390 g/mol. The first-order chi connectivity index (χ1) is 10.0. The van der Waals surface area contributed by atoms with E-state index in [4.69, 9.17) is 5.26 Å². The molecule has 0 radical (unpaired) electrons. The highest BCUT2D eigenvalue weighted by Gasteiger charge is 2.43. The molecule has 8 heteroatoms. The van der Waals surface area contributed by atoms with Gasteiger partial charge in [0.1, 0.15) is 0 Å². The maximum Gasteiger partial charge on any atom is 0.243 e. The molecule has 0 spiro atoms. The fourth-order valence-corrected chi connectivity index (χ4v) is 5.84. The lowest BCUT2D eigenvalue weighted by Gasteiger charge is -2.27. The predicted octanol–water partition coefficient (Wildman–Crippen LogP) is 2.26. The summed E-state index contributed by atoms with van der Waals surface area (Å²) in [5.74, 6) is 0. The summed E-state index contributed by atoms with van der Waals surface area (Å²) < 4.78 is 28.3. The van der Waals surface area contributed by atoms with Gasteiger partial charge in [0, 0.05) is 23.1 Å². The van der Waals surface area contributed by atoms with Gasteiger partial charge >= 0.3 is 0 Å². The summed E-state index contributed by atoms with van der Waals surface area (Å²) in [6, 6.07) is 6.75. The highest BCUT2D eigenvalue weighted by molar-refractivity contribution is 9.10. The molecule has 2 aliphatic heterocycles. The Morgan fingerprint density at radius 3 is 2.68 bits per heavy atom. The third kappa shape index (κ3) is 3.17. The molecule has 0 amide bonds. The average molecular weight is 407 g/mol. The lowest BCUT2D eigenvalue weighted by Crippen LogP contribution is -2.42. The lowest BCUT2D eigenvalue weighted by molar-refractivity contribution is 0.334. The van der Waals surface area contributed by atoms with Crippen LogP contribution in [0, 0.1) is 11.3 Å². The van der Waals surface area contributed by atoms with E-state index < -0.39 is 10.0 Å². The number of fused-ring (bicyclic) bond motifs is 2. The number of nitriles is 1. The molecule has 2 aliphatic rings. The molecule has 2 fully saturated rings. The molecule has 1 aromatic carbocycles. The second-order valence-corrected chi connectivity index (χ2v) is 8.26. The number of sulfonamides is 1. The number of nitrogens with zero attached hydrogens (tertiary/aromatic N) is 2. The number of nitrogens with one attached hydrogen (secondary N) is 1. The maximum atomic E-state index is 13.0. The van der Waals surface area contributed by atoms with Crippen molar-refractivity contribution in [3.8, 4) is 6.07 Å². The van der Waals surface area contributed by atoms with E-state index in [0.29, 0.717) is 16.6 Å². The van der Waals surface area contributed by atoms with Gasteiger partial charge in [0.2, 0.25) is 10.0 Å². The Bertz CT molecular complexity index is 691. The van der Waals surface area contributed by atoms with Crippen molar-refractivity contribution in [2.24, 2.45) is 0 Å². The van der Waals surface area contributed by atoms with Gasteiger partial charge in [-0.3, -0.25) is 0 Å². The van der Waals surface area contributed by atoms with Crippen LogP contribution in [0.3, 0.4) is 0 Å². The minimum absolute atomic E-state index is 0. The smallest absolute Gasteiger partial charge is 0.243 e. The molecule has 2 saturated heterocycles. The van der Waals surface area contributed by atoms with Crippen LogP contribution in [-0.4, -0.2) is 37.9 Å². The molecule has 0 aliphatic carbocycles. The Labute approximate surface area is 145 Å². The molecule has 1 N–H and O–H groups in total. The Hall–Kier alpha value is -0.650. The first-order valence-electron chi connectivity index (χ1n) is 6.97. The Balaban J connectivity index is 0.00000176. The molecule has 22 heavy (non-hydrogen) atoms. The molecule has 2 bridgehead atoms. The van der Waals surface area contributed by atoms with Crippen LogP contribution in [0.4, 0.5) is 0 Å². The van der Waals surface area contributed by atoms with E-state index in [1.807, 2.05) is 6.07 Å². The first-order valence-corrected chi connectivity index (χ1v) is 9.20. The van der Waals surface area contributed by atoms with Gasteiger partial charge in [-0.15, -0.1) is 12.4 Å². The van der Waals surface area contributed by atoms with E-state index in [0.717, 1.165) is 25.8 Å². The molecule has 1 aromatic rings. The van der Waals surface area contributed by atoms with Crippen molar-refractivity contribution in [1.29, 1.82) is 5.26 Å². The lowest BCUT2D eigenvalue weighted by atomic mass is 10.1. The largest absolute Gasteiger partial charge is 0.315 e. The van der Waals surface area contributed by atoms with Gasteiger partial charge in [-0.05, 0) is 44.0 Å². The number of benzene rings is 1. The molecule has 2 unspecified atom stereocenters. The molecule has 2 heterocycles. The summed E-state index contributed by atoms with van der Waals surface area (Å²) in [5.41, 5.74) is 0.350.